The lowest BCUT2D eigenvalue weighted by molar-refractivity contribution is -0.142. The molecule has 0 radical (unpaired) electrons. The topological polar surface area (TPSA) is 251 Å². The number of carbonyl (C=O) groups is 5. The van der Waals surface area contributed by atoms with Gasteiger partial charge in [-0.15, -0.1) is 0 Å². The Morgan fingerprint density at radius 3 is 1.91 bits per heavy atom. The van der Waals surface area contributed by atoms with Crippen molar-refractivity contribution in [3.05, 3.63) is 36.4 Å². The second-order valence-electron chi connectivity index (χ2n) is 7.53. The predicted molar refractivity (Wildman–Crippen MR) is 115 cm³/mol. The highest BCUT2D eigenvalue weighted by Crippen LogP contribution is 2.03. The van der Waals surface area contributed by atoms with Crippen LogP contribution in [0, 0.1) is 0 Å². The van der Waals surface area contributed by atoms with Gasteiger partial charge in [0.1, 0.15) is 18.1 Å². The van der Waals surface area contributed by atoms with Crippen LogP contribution in [0.2, 0.25) is 0 Å². The number of imidazole rings is 2. The van der Waals surface area contributed by atoms with Crippen LogP contribution in [-0.4, -0.2) is 78.8 Å². The highest BCUT2D eigenvalue weighted by atomic mass is 16.4. The normalized spacial score (nSPS) is 14.3. The van der Waals surface area contributed by atoms with Crippen molar-refractivity contribution in [1.82, 2.24) is 35.9 Å². The van der Waals surface area contributed by atoms with E-state index in [-0.39, 0.29) is 12.8 Å². The first-order valence-electron chi connectivity index (χ1n) is 10.2. The maximum absolute atomic E-state index is 12.8. The van der Waals surface area contributed by atoms with E-state index in [1.54, 1.807) is 0 Å². The van der Waals surface area contributed by atoms with Gasteiger partial charge in [0.25, 0.3) is 0 Å². The molecule has 184 valence electrons. The van der Waals surface area contributed by atoms with Gasteiger partial charge in [0.05, 0.1) is 25.1 Å². The fourth-order valence-electron chi connectivity index (χ4n) is 2.91. The average Bonchev–Trinajstić information content (AvgIpc) is 3.46. The first kappa shape index (κ1) is 26.0. The summed E-state index contributed by atoms with van der Waals surface area (Å²) in [5, 5.41) is 16.6. The van der Waals surface area contributed by atoms with Crippen LogP contribution in [0.4, 0.5) is 0 Å². The lowest BCUT2D eigenvalue weighted by Gasteiger charge is -2.23. The smallest absolute Gasteiger partial charge is 0.326 e. The number of carboxylic acids is 1. The number of hydrogen-bond acceptors (Lipinski definition) is 8. The molecule has 2 rings (SSSR count). The molecule has 4 atom stereocenters. The first-order chi connectivity index (χ1) is 16.1. The van der Waals surface area contributed by atoms with E-state index < -0.39 is 60.2 Å². The minimum absolute atomic E-state index is 0.0211. The van der Waals surface area contributed by atoms with Gasteiger partial charge in [-0.3, -0.25) is 19.2 Å². The third-order valence-corrected chi connectivity index (χ3v) is 4.72. The number of hydrogen-bond donors (Lipinski definition) is 8. The number of aliphatic carboxylic acids is 1. The van der Waals surface area contributed by atoms with Gasteiger partial charge in [0.2, 0.25) is 23.6 Å². The number of aromatic amines is 2. The quantitative estimate of drug-likeness (QED) is 0.143. The van der Waals surface area contributed by atoms with Crippen LogP contribution in [-0.2, 0) is 36.8 Å². The van der Waals surface area contributed by atoms with Gasteiger partial charge in [-0.2, -0.15) is 0 Å². The Hall–Kier alpha value is -4.27. The fourth-order valence-corrected chi connectivity index (χ4v) is 2.91. The van der Waals surface area contributed by atoms with Gasteiger partial charge in [-0.05, 0) is 6.92 Å². The second-order valence-corrected chi connectivity index (χ2v) is 7.53. The van der Waals surface area contributed by atoms with Gasteiger partial charge >= 0.3 is 5.97 Å². The van der Waals surface area contributed by atoms with E-state index in [0.29, 0.717) is 11.4 Å². The summed E-state index contributed by atoms with van der Waals surface area (Å²) in [6.45, 7) is 1.36. The Morgan fingerprint density at radius 2 is 1.44 bits per heavy atom. The van der Waals surface area contributed by atoms with Crippen LogP contribution in [0.1, 0.15) is 24.7 Å². The summed E-state index contributed by atoms with van der Waals surface area (Å²) in [6, 6.07) is -4.85. The third-order valence-electron chi connectivity index (χ3n) is 4.72. The van der Waals surface area contributed by atoms with Crippen LogP contribution < -0.4 is 27.4 Å². The van der Waals surface area contributed by atoms with Crippen molar-refractivity contribution >= 4 is 29.6 Å². The molecule has 0 aromatic carbocycles. The summed E-state index contributed by atoms with van der Waals surface area (Å²) in [5.74, 6) is -4.34. The van der Waals surface area contributed by atoms with E-state index in [2.05, 4.69) is 35.9 Å². The van der Waals surface area contributed by atoms with Crippen LogP contribution in [0.5, 0.6) is 0 Å². The molecule has 0 spiro atoms. The Balaban J connectivity index is 2.03. The Morgan fingerprint density at radius 1 is 0.912 bits per heavy atom. The zero-order valence-corrected chi connectivity index (χ0v) is 18.3. The molecule has 15 heteroatoms. The maximum atomic E-state index is 12.8. The molecular weight excluding hydrogens is 450 g/mol. The molecule has 2 aromatic rings. The van der Waals surface area contributed by atoms with Crippen molar-refractivity contribution in [2.45, 2.75) is 50.4 Å². The number of nitrogens with two attached hydrogens (primary N) is 2. The number of primary amides is 1. The van der Waals surface area contributed by atoms with E-state index in [1.807, 2.05) is 0 Å². The van der Waals surface area contributed by atoms with E-state index in [0.717, 1.165) is 0 Å². The molecule has 2 aromatic heterocycles. The Kier molecular flexibility index (Phi) is 9.25. The highest BCUT2D eigenvalue weighted by Gasteiger charge is 2.29. The van der Waals surface area contributed by atoms with Crippen molar-refractivity contribution in [3.63, 3.8) is 0 Å². The summed E-state index contributed by atoms with van der Waals surface area (Å²) in [5.41, 5.74) is 11.7. The minimum Gasteiger partial charge on any atom is -0.480 e. The summed E-state index contributed by atoms with van der Waals surface area (Å²) < 4.78 is 0. The van der Waals surface area contributed by atoms with E-state index in [9.17, 15) is 29.1 Å². The number of H-pyrrole nitrogens is 2. The monoisotopic (exact) mass is 477 g/mol. The van der Waals surface area contributed by atoms with Gasteiger partial charge in [0.15, 0.2) is 0 Å². The van der Waals surface area contributed by atoms with Crippen LogP contribution in [0.25, 0.3) is 0 Å². The third kappa shape index (κ3) is 8.01. The molecule has 2 heterocycles. The van der Waals surface area contributed by atoms with Crippen LogP contribution >= 0.6 is 0 Å². The molecule has 0 saturated heterocycles. The summed E-state index contributed by atoms with van der Waals surface area (Å²) in [7, 11) is 0. The predicted octanol–water partition coefficient (Wildman–Crippen LogP) is -3.32. The van der Waals surface area contributed by atoms with Crippen molar-refractivity contribution < 1.29 is 29.1 Å². The van der Waals surface area contributed by atoms with Crippen LogP contribution in [0.15, 0.2) is 25.0 Å². The second kappa shape index (κ2) is 12.1. The van der Waals surface area contributed by atoms with Crippen molar-refractivity contribution in [1.29, 1.82) is 0 Å². The van der Waals surface area contributed by atoms with Crippen LogP contribution in [0.3, 0.4) is 0 Å². The van der Waals surface area contributed by atoms with Gasteiger partial charge in [-0.25, -0.2) is 14.8 Å². The molecule has 4 unspecified atom stereocenters. The molecule has 0 bridgehead atoms. The number of carboxylic acid groups (broad SMARTS) is 1. The Bertz CT molecular complexity index is 992. The lowest BCUT2D eigenvalue weighted by atomic mass is 10.1. The number of rotatable bonds is 13. The summed E-state index contributed by atoms with van der Waals surface area (Å²) in [6.07, 6.45) is 5.15. The fraction of sp³-hybridized carbons (Fsp3) is 0.421. The largest absolute Gasteiger partial charge is 0.480 e. The molecule has 15 nitrogen and oxygen atoms in total. The zero-order valence-electron chi connectivity index (χ0n) is 18.3. The van der Waals surface area contributed by atoms with Crippen molar-refractivity contribution in [3.8, 4) is 0 Å². The van der Waals surface area contributed by atoms with Crippen molar-refractivity contribution in [2.24, 2.45) is 11.5 Å². The summed E-state index contributed by atoms with van der Waals surface area (Å²) >= 11 is 0. The molecule has 34 heavy (non-hydrogen) atoms. The summed E-state index contributed by atoms with van der Waals surface area (Å²) in [4.78, 5) is 73.4. The van der Waals surface area contributed by atoms with Gasteiger partial charge < -0.3 is 42.5 Å². The standard InChI is InChI=1S/C19H27N9O6/c1-9(16(30)28-14(19(33)34)3-11-6-23-8-25-11)26-18(32)13(2-10-5-22-7-24-10)27-17(31)12(20)4-15(21)29/h5-9,12-14H,2-4,20H2,1H3,(H2,21,29)(H,22,24)(H,23,25)(H,26,32)(H,27,31)(H,28,30)(H,33,34). The molecule has 10 N–H and O–H groups in total. The van der Waals surface area contributed by atoms with Crippen molar-refractivity contribution in [2.75, 3.05) is 0 Å². The number of nitrogens with zero attached hydrogens (tertiary/aromatic N) is 2. The van der Waals surface area contributed by atoms with Gasteiger partial charge in [0, 0.05) is 36.6 Å². The lowest BCUT2D eigenvalue weighted by Crippen LogP contribution is -2.57. The molecule has 0 aliphatic heterocycles. The molecule has 0 fully saturated rings. The number of carbonyl (C=O) groups excluding carboxylic acids is 4. The van der Waals surface area contributed by atoms with Gasteiger partial charge in [-0.1, -0.05) is 0 Å². The Labute approximate surface area is 193 Å². The zero-order chi connectivity index (χ0) is 25.3. The number of amides is 4. The van der Waals surface area contributed by atoms with E-state index in [1.165, 1.54) is 32.0 Å². The van der Waals surface area contributed by atoms with E-state index >= 15 is 0 Å². The molecular formula is C19H27N9O6. The number of nitrogens with one attached hydrogen (secondary N) is 5. The maximum Gasteiger partial charge on any atom is 0.326 e. The molecule has 4 amide bonds. The SMILES string of the molecule is CC(NC(=O)C(Cc1cnc[nH]1)NC(=O)C(N)CC(N)=O)C(=O)NC(Cc1cnc[nH]1)C(=O)O. The van der Waals surface area contributed by atoms with E-state index in [4.69, 9.17) is 11.5 Å². The molecule has 0 aliphatic carbocycles. The first-order valence-corrected chi connectivity index (χ1v) is 10.2. The number of aromatic nitrogens is 4. The minimum atomic E-state index is -1.27. The average molecular weight is 477 g/mol. The molecule has 0 saturated carbocycles. The highest BCUT2D eigenvalue weighted by molar-refractivity contribution is 5.95. The molecule has 0 aliphatic rings.